The Balaban J connectivity index is 1.53. The summed E-state index contributed by atoms with van der Waals surface area (Å²) >= 11 is 1.62. The minimum absolute atomic E-state index is 0.0318. The van der Waals surface area contributed by atoms with Gasteiger partial charge in [0.15, 0.2) is 0 Å². The minimum atomic E-state index is -0.880. The zero-order chi connectivity index (χ0) is 26.7. The van der Waals surface area contributed by atoms with Crippen molar-refractivity contribution < 1.29 is 24.2 Å². The molecule has 0 bridgehead atoms. The molecule has 0 saturated heterocycles. The number of fused-ring (bicyclic) bond motifs is 3. The maximum atomic E-state index is 12.2. The molecule has 9 heteroatoms. The summed E-state index contributed by atoms with van der Waals surface area (Å²) in [6.07, 6.45) is 6.49. The van der Waals surface area contributed by atoms with Crippen LogP contribution >= 0.6 is 11.3 Å². The zero-order valence-electron chi connectivity index (χ0n) is 22.4. The van der Waals surface area contributed by atoms with Gasteiger partial charge in [0.1, 0.15) is 11.7 Å². The van der Waals surface area contributed by atoms with Crippen molar-refractivity contribution in [2.24, 2.45) is 38.6 Å². The molecule has 202 valence electrons. The number of nitrogens with zero attached hydrogens (tertiary/aromatic N) is 3. The smallest absolute Gasteiger partial charge is 0.302 e. The number of esters is 2. The van der Waals surface area contributed by atoms with Gasteiger partial charge in [-0.15, -0.1) is 11.3 Å². The van der Waals surface area contributed by atoms with Crippen molar-refractivity contribution >= 4 is 23.3 Å². The molecule has 0 radical (unpaired) electrons. The van der Waals surface area contributed by atoms with E-state index < -0.39 is 5.60 Å². The van der Waals surface area contributed by atoms with E-state index in [4.69, 9.17) is 9.47 Å². The third-order valence-electron chi connectivity index (χ3n) is 11.4. The lowest BCUT2D eigenvalue weighted by Crippen LogP contribution is -2.55. The van der Waals surface area contributed by atoms with Crippen molar-refractivity contribution in [2.45, 2.75) is 90.8 Å². The maximum absolute atomic E-state index is 12.2. The minimum Gasteiger partial charge on any atom is -0.466 e. The average molecular weight is 530 g/mol. The summed E-state index contributed by atoms with van der Waals surface area (Å²) in [5.74, 6) is -0.332. The van der Waals surface area contributed by atoms with E-state index in [1.165, 1.54) is 13.8 Å². The molecule has 4 fully saturated rings. The van der Waals surface area contributed by atoms with Crippen LogP contribution in [0.3, 0.4) is 0 Å². The lowest BCUT2D eigenvalue weighted by Gasteiger charge is -2.58. The monoisotopic (exact) mass is 529 g/mol. The second kappa shape index (κ2) is 8.99. The van der Waals surface area contributed by atoms with Crippen LogP contribution in [0.5, 0.6) is 0 Å². The van der Waals surface area contributed by atoms with Crippen LogP contribution in [-0.4, -0.2) is 36.3 Å². The Hall–Kier alpha value is -2.09. The van der Waals surface area contributed by atoms with Gasteiger partial charge < -0.3 is 14.6 Å². The number of azide groups is 1. The van der Waals surface area contributed by atoms with E-state index in [0.29, 0.717) is 26.0 Å². The van der Waals surface area contributed by atoms with Crippen molar-refractivity contribution in [1.82, 2.24) is 0 Å². The standard InChI is InChI=1S/C28H39N3O5S/c1-18(32)35-15-20-14-21(36-19(2)33)7-9-24(20,3)27-12-11-25(4)22(26(27,16-27)17-30-31-29)8-10-28(25,34)23-6-5-13-37-23/h5-6,13,20-22,34H,7-12,14-17H2,1-4H3/t20-,21+,22-,24+,25+,26?,27+,28-/m1/s1. The largest absolute Gasteiger partial charge is 0.466 e. The van der Waals surface area contributed by atoms with Gasteiger partial charge in [-0.05, 0) is 90.5 Å². The van der Waals surface area contributed by atoms with E-state index in [1.807, 2.05) is 11.4 Å². The molecule has 5 rings (SSSR count). The highest BCUT2D eigenvalue weighted by molar-refractivity contribution is 7.10. The van der Waals surface area contributed by atoms with Crippen LogP contribution in [0.2, 0.25) is 0 Å². The van der Waals surface area contributed by atoms with E-state index in [-0.39, 0.29) is 51.5 Å². The van der Waals surface area contributed by atoms with Crippen LogP contribution in [0.4, 0.5) is 0 Å². The van der Waals surface area contributed by atoms with Gasteiger partial charge in [0.05, 0.1) is 6.61 Å². The summed E-state index contributed by atoms with van der Waals surface area (Å²) in [7, 11) is 0. The Morgan fingerprint density at radius 1 is 1.16 bits per heavy atom. The molecule has 1 aromatic heterocycles. The van der Waals surface area contributed by atoms with E-state index >= 15 is 0 Å². The number of hydrogen-bond donors (Lipinski definition) is 1. The number of thiophene rings is 1. The van der Waals surface area contributed by atoms with Crippen LogP contribution in [0.1, 0.15) is 83.9 Å². The predicted octanol–water partition coefficient (Wildman–Crippen LogP) is 6.13. The Morgan fingerprint density at radius 3 is 2.59 bits per heavy atom. The molecule has 4 saturated carbocycles. The molecule has 0 aliphatic heterocycles. The van der Waals surface area contributed by atoms with Crippen molar-refractivity contribution in [1.29, 1.82) is 0 Å². The van der Waals surface area contributed by atoms with Crippen molar-refractivity contribution in [3.63, 3.8) is 0 Å². The van der Waals surface area contributed by atoms with Crippen molar-refractivity contribution in [3.8, 4) is 0 Å². The van der Waals surface area contributed by atoms with E-state index in [9.17, 15) is 20.2 Å². The quantitative estimate of drug-likeness (QED) is 0.197. The van der Waals surface area contributed by atoms with Gasteiger partial charge in [0, 0.05) is 41.5 Å². The van der Waals surface area contributed by atoms with Crippen LogP contribution in [0, 0.1) is 33.5 Å². The first-order valence-electron chi connectivity index (χ1n) is 13.6. The molecule has 0 aromatic carbocycles. The Kier molecular flexibility index (Phi) is 6.44. The lowest BCUT2D eigenvalue weighted by molar-refractivity contribution is -0.167. The molecule has 1 unspecified atom stereocenters. The molecular weight excluding hydrogens is 490 g/mol. The van der Waals surface area contributed by atoms with Crippen molar-refractivity contribution in [3.05, 3.63) is 32.8 Å². The maximum Gasteiger partial charge on any atom is 0.302 e. The summed E-state index contributed by atoms with van der Waals surface area (Å²) in [5, 5.41) is 18.4. The van der Waals surface area contributed by atoms with Crippen LogP contribution < -0.4 is 0 Å². The summed E-state index contributed by atoms with van der Waals surface area (Å²) < 4.78 is 11.2. The lowest BCUT2D eigenvalue weighted by atomic mass is 9.48. The fraction of sp³-hybridized carbons (Fsp3) is 0.786. The van der Waals surface area contributed by atoms with Gasteiger partial charge in [0.25, 0.3) is 0 Å². The normalized spacial score (nSPS) is 44.2. The van der Waals surface area contributed by atoms with Gasteiger partial charge in [-0.2, -0.15) is 0 Å². The SMILES string of the molecule is CC(=O)OC[C@H]1C[C@@H](OC(C)=O)CC[C@]1(C)[C@@]12CC[C@@]3(C)[C@@H](CC[C@@]3(O)c3cccs3)C1(CN=[N+]=[N-])C2. The molecule has 4 aliphatic rings. The molecule has 8 nitrogen and oxygen atoms in total. The zero-order valence-corrected chi connectivity index (χ0v) is 23.2. The van der Waals surface area contributed by atoms with E-state index in [1.54, 1.807) is 11.3 Å². The molecule has 4 aliphatic carbocycles. The second-order valence-electron chi connectivity index (χ2n) is 12.6. The summed E-state index contributed by atoms with van der Waals surface area (Å²) in [6.45, 7) is 8.17. The Bertz CT molecular complexity index is 1120. The second-order valence-corrected chi connectivity index (χ2v) is 13.5. The molecule has 0 amide bonds. The average Bonchev–Trinajstić information content (AvgIpc) is 3.12. The summed E-state index contributed by atoms with van der Waals surface area (Å²) in [5.41, 5.74) is 7.73. The van der Waals surface area contributed by atoms with Crippen LogP contribution in [0.15, 0.2) is 22.6 Å². The van der Waals surface area contributed by atoms with Gasteiger partial charge in [-0.3, -0.25) is 9.59 Å². The summed E-state index contributed by atoms with van der Waals surface area (Å²) in [4.78, 5) is 27.8. The molecule has 1 heterocycles. The first kappa shape index (κ1) is 26.5. The third-order valence-corrected chi connectivity index (χ3v) is 12.4. The Morgan fingerprint density at radius 2 is 1.95 bits per heavy atom. The highest BCUT2D eigenvalue weighted by Gasteiger charge is 2.83. The topological polar surface area (TPSA) is 122 Å². The molecule has 1 N–H and O–H groups in total. The molecule has 37 heavy (non-hydrogen) atoms. The first-order valence-corrected chi connectivity index (χ1v) is 14.4. The van der Waals surface area contributed by atoms with E-state index in [2.05, 4.69) is 29.9 Å². The number of hydrogen-bond acceptors (Lipinski definition) is 7. The van der Waals surface area contributed by atoms with Gasteiger partial charge in [-0.1, -0.05) is 25.0 Å². The highest BCUT2D eigenvalue weighted by atomic mass is 32.1. The van der Waals surface area contributed by atoms with Gasteiger partial charge >= 0.3 is 11.9 Å². The molecular formula is C28H39N3O5S. The van der Waals surface area contributed by atoms with Crippen LogP contribution in [0.25, 0.3) is 10.4 Å². The first-order chi connectivity index (χ1) is 17.5. The van der Waals surface area contributed by atoms with Crippen LogP contribution in [-0.2, 0) is 24.7 Å². The fourth-order valence-corrected chi connectivity index (χ4v) is 10.5. The fourth-order valence-electron chi connectivity index (χ4n) is 9.53. The predicted molar refractivity (Wildman–Crippen MR) is 139 cm³/mol. The van der Waals surface area contributed by atoms with E-state index in [0.717, 1.165) is 43.4 Å². The Labute approximate surface area is 222 Å². The molecule has 8 atom stereocenters. The number of rotatable bonds is 7. The number of ether oxygens (including phenoxy) is 2. The summed E-state index contributed by atoms with van der Waals surface area (Å²) in [6, 6.07) is 4.07. The van der Waals surface area contributed by atoms with Crippen molar-refractivity contribution in [2.75, 3.05) is 13.2 Å². The number of carbonyl (C=O) groups excluding carboxylic acids is 2. The molecule has 1 aromatic rings. The number of carbonyl (C=O) groups is 2. The number of aliphatic hydroxyl groups is 1. The van der Waals surface area contributed by atoms with Gasteiger partial charge in [0.2, 0.25) is 0 Å². The third kappa shape index (κ3) is 3.68. The van der Waals surface area contributed by atoms with Gasteiger partial charge in [-0.25, -0.2) is 0 Å². The molecule has 0 spiro atoms. The highest BCUT2D eigenvalue weighted by Crippen LogP contribution is 2.87.